The van der Waals surface area contributed by atoms with Crippen molar-refractivity contribution in [3.05, 3.63) is 58.4 Å². The van der Waals surface area contributed by atoms with Crippen LogP contribution in [0.4, 0.5) is 4.39 Å². The van der Waals surface area contributed by atoms with Gasteiger partial charge < -0.3 is 10.5 Å². The summed E-state index contributed by atoms with van der Waals surface area (Å²) in [5.74, 6) is -0.306. The highest BCUT2D eigenvalue weighted by Crippen LogP contribution is 2.52. The predicted octanol–water partition coefficient (Wildman–Crippen LogP) is 3.97. The number of ether oxygens (including phenoxy) is 1. The van der Waals surface area contributed by atoms with Crippen LogP contribution in [0.1, 0.15) is 18.4 Å². The molecule has 0 amide bonds. The number of aliphatic imine (C=N–C) groups is 2. The summed E-state index contributed by atoms with van der Waals surface area (Å²) in [6, 6.07) is 6.43. The highest BCUT2D eigenvalue weighted by Gasteiger charge is 2.59. The van der Waals surface area contributed by atoms with Crippen LogP contribution in [0.3, 0.4) is 0 Å². The van der Waals surface area contributed by atoms with E-state index in [1.54, 1.807) is 6.07 Å². The van der Waals surface area contributed by atoms with Crippen LogP contribution in [0.25, 0.3) is 0 Å². The van der Waals surface area contributed by atoms with Crippen LogP contribution in [0, 0.1) is 5.82 Å². The number of hydrogen-bond donors (Lipinski definition) is 1. The summed E-state index contributed by atoms with van der Waals surface area (Å²) in [7, 11) is 0. The van der Waals surface area contributed by atoms with Gasteiger partial charge in [-0.25, -0.2) is 9.38 Å². The average molecular weight is 380 g/mol. The van der Waals surface area contributed by atoms with Crippen molar-refractivity contribution >= 4 is 34.9 Å². The standard InChI is InChI=1S/C18H19ClFN3OS/c1-25-17(23-11-21)22-10-18(12-5-4-6-13(20)9-12)16(24-18)14-7-2-3-8-15(14)19/h2,4-7,9,11,16H,3,8,10H2,1H3,(H2,21,22,23). The largest absolute Gasteiger partial charge is 0.390 e. The van der Waals surface area contributed by atoms with Gasteiger partial charge in [-0.05, 0) is 42.4 Å². The molecule has 1 heterocycles. The van der Waals surface area contributed by atoms with Crippen LogP contribution in [0.5, 0.6) is 0 Å². The molecule has 1 fully saturated rings. The first kappa shape index (κ1) is 18.2. The minimum absolute atomic E-state index is 0.243. The quantitative estimate of drug-likeness (QED) is 0.489. The summed E-state index contributed by atoms with van der Waals surface area (Å²) in [6.07, 6.45) is 8.62. The number of amidine groups is 1. The number of nitrogens with zero attached hydrogens (tertiary/aromatic N) is 2. The molecule has 2 atom stereocenters. The van der Waals surface area contributed by atoms with Gasteiger partial charge in [0.15, 0.2) is 5.17 Å². The average Bonchev–Trinajstić information content (AvgIpc) is 3.34. The summed E-state index contributed by atoms with van der Waals surface area (Å²) < 4.78 is 19.8. The fourth-order valence-electron chi connectivity index (χ4n) is 2.97. The molecule has 0 spiro atoms. The molecule has 3 rings (SSSR count). The minimum Gasteiger partial charge on any atom is -0.390 e. The third-order valence-corrected chi connectivity index (χ3v) is 5.25. The van der Waals surface area contributed by atoms with Gasteiger partial charge in [0.25, 0.3) is 0 Å². The molecule has 1 saturated heterocycles. The highest BCUT2D eigenvalue weighted by molar-refractivity contribution is 8.13. The van der Waals surface area contributed by atoms with Crippen molar-refractivity contribution < 1.29 is 9.13 Å². The molecule has 132 valence electrons. The van der Waals surface area contributed by atoms with Gasteiger partial charge in [-0.15, -0.1) is 0 Å². The molecule has 1 aromatic carbocycles. The zero-order chi connectivity index (χ0) is 17.9. The Balaban J connectivity index is 1.95. The minimum atomic E-state index is -0.732. The molecule has 25 heavy (non-hydrogen) atoms. The van der Waals surface area contributed by atoms with Gasteiger partial charge in [-0.3, -0.25) is 4.99 Å². The van der Waals surface area contributed by atoms with Crippen molar-refractivity contribution in [1.82, 2.24) is 0 Å². The zero-order valence-corrected chi connectivity index (χ0v) is 15.4. The second-order valence-electron chi connectivity index (χ2n) is 5.78. The van der Waals surface area contributed by atoms with Crippen LogP contribution >= 0.6 is 23.4 Å². The summed E-state index contributed by atoms with van der Waals surface area (Å²) in [4.78, 5) is 8.53. The first-order valence-electron chi connectivity index (χ1n) is 7.92. The summed E-state index contributed by atoms with van der Waals surface area (Å²) in [5, 5.41) is 1.34. The zero-order valence-electron chi connectivity index (χ0n) is 13.8. The fourth-order valence-corrected chi connectivity index (χ4v) is 3.60. The molecule has 2 unspecified atom stereocenters. The Labute approximate surface area is 155 Å². The number of halogens is 2. The lowest BCUT2D eigenvalue weighted by Gasteiger charge is -2.14. The van der Waals surface area contributed by atoms with Crippen molar-refractivity contribution in [2.75, 3.05) is 12.8 Å². The predicted molar refractivity (Wildman–Crippen MR) is 103 cm³/mol. The number of epoxide rings is 1. The number of hydrogen-bond acceptors (Lipinski definition) is 3. The van der Waals surface area contributed by atoms with Crippen LogP contribution in [0.15, 0.2) is 57.0 Å². The molecule has 2 N–H and O–H groups in total. The van der Waals surface area contributed by atoms with E-state index in [1.807, 2.05) is 18.4 Å². The molecule has 0 aromatic heterocycles. The van der Waals surface area contributed by atoms with Crippen molar-refractivity contribution in [3.8, 4) is 0 Å². The van der Waals surface area contributed by atoms with E-state index in [2.05, 4.69) is 16.1 Å². The van der Waals surface area contributed by atoms with Gasteiger partial charge in [0.05, 0.1) is 12.9 Å². The molecule has 1 aliphatic heterocycles. The highest BCUT2D eigenvalue weighted by atomic mass is 35.5. The number of thioether (sulfide) groups is 1. The van der Waals surface area contributed by atoms with E-state index in [4.69, 9.17) is 22.1 Å². The summed E-state index contributed by atoms with van der Waals surface area (Å²) >= 11 is 7.79. The lowest BCUT2D eigenvalue weighted by atomic mass is 9.89. The molecule has 7 heteroatoms. The van der Waals surface area contributed by atoms with Gasteiger partial charge >= 0.3 is 0 Å². The normalized spacial score (nSPS) is 26.5. The lowest BCUT2D eigenvalue weighted by Crippen LogP contribution is -2.20. The van der Waals surface area contributed by atoms with Crippen LogP contribution in [-0.2, 0) is 10.3 Å². The number of benzene rings is 1. The van der Waals surface area contributed by atoms with Crippen molar-refractivity contribution in [2.24, 2.45) is 15.7 Å². The number of allylic oxidation sites excluding steroid dienone is 2. The van der Waals surface area contributed by atoms with Gasteiger partial charge in [0.2, 0.25) is 0 Å². The second kappa shape index (κ2) is 7.72. The SMILES string of the molecule is CSC(=NCC1(c2cccc(F)c2)OC1C1=C(Cl)CCC=C1)/N=C\N. The van der Waals surface area contributed by atoms with Crippen LogP contribution < -0.4 is 5.73 Å². The van der Waals surface area contributed by atoms with E-state index in [0.29, 0.717) is 11.7 Å². The third-order valence-electron chi connectivity index (χ3n) is 4.25. The van der Waals surface area contributed by atoms with E-state index in [9.17, 15) is 4.39 Å². The Morgan fingerprint density at radius 1 is 1.56 bits per heavy atom. The van der Waals surface area contributed by atoms with Crippen molar-refractivity contribution in [1.29, 1.82) is 0 Å². The summed E-state index contributed by atoms with van der Waals surface area (Å²) in [6.45, 7) is 0.316. The summed E-state index contributed by atoms with van der Waals surface area (Å²) in [5.41, 5.74) is 6.31. The van der Waals surface area contributed by atoms with E-state index >= 15 is 0 Å². The van der Waals surface area contributed by atoms with Crippen molar-refractivity contribution in [2.45, 2.75) is 24.5 Å². The molecular formula is C18H19ClFN3OS. The molecule has 4 nitrogen and oxygen atoms in total. The van der Waals surface area contributed by atoms with Crippen molar-refractivity contribution in [3.63, 3.8) is 0 Å². The van der Waals surface area contributed by atoms with E-state index in [1.165, 1.54) is 30.2 Å². The molecule has 0 radical (unpaired) electrons. The van der Waals surface area contributed by atoms with E-state index in [0.717, 1.165) is 29.0 Å². The first-order chi connectivity index (χ1) is 12.1. The maximum absolute atomic E-state index is 13.8. The van der Waals surface area contributed by atoms with Gasteiger partial charge in [-0.1, -0.05) is 47.6 Å². The van der Waals surface area contributed by atoms with Crippen LogP contribution in [-0.4, -0.2) is 30.4 Å². The lowest BCUT2D eigenvalue weighted by molar-refractivity contribution is 0.306. The third kappa shape index (κ3) is 3.81. The Morgan fingerprint density at radius 3 is 3.08 bits per heavy atom. The fraction of sp³-hybridized carbons (Fsp3) is 0.333. The van der Waals surface area contributed by atoms with Crippen LogP contribution in [0.2, 0.25) is 0 Å². The Kier molecular flexibility index (Phi) is 5.61. The van der Waals surface area contributed by atoms with E-state index < -0.39 is 5.60 Å². The first-order valence-corrected chi connectivity index (χ1v) is 9.52. The Bertz CT molecular complexity index is 777. The number of rotatable bonds is 4. The van der Waals surface area contributed by atoms with Gasteiger partial charge in [-0.2, -0.15) is 0 Å². The second-order valence-corrected chi connectivity index (χ2v) is 7.01. The number of nitrogens with two attached hydrogens (primary N) is 1. The Hall–Kier alpha value is -1.63. The maximum atomic E-state index is 13.8. The van der Waals surface area contributed by atoms with E-state index in [-0.39, 0.29) is 11.9 Å². The monoisotopic (exact) mass is 379 g/mol. The van der Waals surface area contributed by atoms with Gasteiger partial charge in [0, 0.05) is 5.03 Å². The maximum Gasteiger partial charge on any atom is 0.184 e. The Morgan fingerprint density at radius 2 is 2.40 bits per heavy atom. The molecule has 1 aromatic rings. The smallest absolute Gasteiger partial charge is 0.184 e. The molecule has 2 aliphatic rings. The van der Waals surface area contributed by atoms with Gasteiger partial charge in [0.1, 0.15) is 17.5 Å². The molecular weight excluding hydrogens is 361 g/mol. The molecule has 0 bridgehead atoms. The molecule has 1 aliphatic carbocycles. The topological polar surface area (TPSA) is 63.3 Å². The molecule has 0 saturated carbocycles.